The van der Waals surface area contributed by atoms with Crippen LogP contribution in [0.4, 0.5) is 0 Å². The number of fused-ring (bicyclic) bond motifs is 1. The third-order valence-electron chi connectivity index (χ3n) is 3.20. The fourth-order valence-corrected chi connectivity index (χ4v) is 2.84. The predicted octanol–water partition coefficient (Wildman–Crippen LogP) is 2.04. The van der Waals surface area contributed by atoms with Gasteiger partial charge in [0.25, 0.3) is 0 Å². The molecule has 2 rings (SSSR count). The van der Waals surface area contributed by atoms with E-state index in [1.807, 2.05) is 0 Å². The van der Waals surface area contributed by atoms with Crippen molar-refractivity contribution in [1.82, 2.24) is 4.98 Å². The highest BCUT2D eigenvalue weighted by Crippen LogP contribution is 2.35. The highest BCUT2D eigenvalue weighted by atomic mass is 35.5. The van der Waals surface area contributed by atoms with E-state index in [0.29, 0.717) is 16.3 Å². The molecule has 0 amide bonds. The largest absolute Gasteiger partial charge is 0.480 e. The number of carboxylic acids is 2. The number of carbonyl (C=O) groups is 2. The van der Waals surface area contributed by atoms with E-state index in [-0.39, 0.29) is 12.6 Å². The SMILES string of the molecule is CP(=O)(O)CCC(N)C(=O)O.O=C(O)COc1ccc(Cl)c2cccnc12. The minimum absolute atomic E-state index is 0.0412. The summed E-state index contributed by atoms with van der Waals surface area (Å²) in [5, 5.41) is 18.1. The van der Waals surface area contributed by atoms with Crippen LogP contribution in [0.3, 0.4) is 0 Å². The smallest absolute Gasteiger partial charge is 0.341 e. The van der Waals surface area contributed by atoms with Crippen LogP contribution in [0.5, 0.6) is 5.75 Å². The van der Waals surface area contributed by atoms with Crippen molar-refractivity contribution in [2.24, 2.45) is 5.73 Å². The molecule has 2 atom stereocenters. The number of rotatable bonds is 7. The van der Waals surface area contributed by atoms with Gasteiger partial charge in [-0.3, -0.25) is 14.3 Å². The molecule has 1 aromatic carbocycles. The molecule has 0 radical (unpaired) electrons. The molecule has 0 aliphatic rings. The molecule has 0 saturated carbocycles. The lowest BCUT2D eigenvalue weighted by molar-refractivity contribution is -0.139. The van der Waals surface area contributed by atoms with Crippen LogP contribution < -0.4 is 10.5 Å². The summed E-state index contributed by atoms with van der Waals surface area (Å²) in [5.74, 6) is -1.75. The van der Waals surface area contributed by atoms with Crippen LogP contribution in [-0.2, 0) is 14.2 Å². The summed E-state index contributed by atoms with van der Waals surface area (Å²) in [6.07, 6.45) is 1.60. The molecular formula is C16H20ClN2O7P. The van der Waals surface area contributed by atoms with Crippen LogP contribution in [0, 0.1) is 0 Å². The Labute approximate surface area is 160 Å². The number of aliphatic carboxylic acids is 2. The van der Waals surface area contributed by atoms with Gasteiger partial charge in [0.1, 0.15) is 17.3 Å². The van der Waals surface area contributed by atoms with Crippen molar-refractivity contribution in [1.29, 1.82) is 0 Å². The maximum absolute atomic E-state index is 10.6. The second kappa shape index (κ2) is 10.2. The average Bonchev–Trinajstić information content (AvgIpc) is 2.59. The van der Waals surface area contributed by atoms with E-state index in [1.54, 1.807) is 30.5 Å². The third-order valence-corrected chi connectivity index (χ3v) is 4.62. The highest BCUT2D eigenvalue weighted by Gasteiger charge is 2.16. The molecule has 0 fully saturated rings. The van der Waals surface area contributed by atoms with Gasteiger partial charge in [0.2, 0.25) is 0 Å². The summed E-state index contributed by atoms with van der Waals surface area (Å²) in [6.45, 7) is 0.787. The molecule has 1 aromatic heterocycles. The van der Waals surface area contributed by atoms with Crippen molar-refractivity contribution in [3.8, 4) is 5.75 Å². The molecule has 27 heavy (non-hydrogen) atoms. The summed E-state index contributed by atoms with van der Waals surface area (Å²) in [6, 6.07) is 5.80. The molecule has 0 aliphatic carbocycles. The molecule has 2 aromatic rings. The van der Waals surface area contributed by atoms with Gasteiger partial charge in [-0.15, -0.1) is 0 Å². The summed E-state index contributed by atoms with van der Waals surface area (Å²) in [4.78, 5) is 33.4. The summed E-state index contributed by atoms with van der Waals surface area (Å²) in [7, 11) is -3.10. The number of benzene rings is 1. The van der Waals surface area contributed by atoms with Gasteiger partial charge in [0.05, 0.1) is 5.02 Å². The van der Waals surface area contributed by atoms with Gasteiger partial charge in [-0.05, 0) is 30.7 Å². The monoisotopic (exact) mass is 418 g/mol. The van der Waals surface area contributed by atoms with E-state index in [1.165, 1.54) is 6.66 Å². The van der Waals surface area contributed by atoms with Crippen LogP contribution in [-0.4, -0.2) is 57.5 Å². The van der Waals surface area contributed by atoms with Gasteiger partial charge in [-0.25, -0.2) is 4.79 Å². The Morgan fingerprint density at radius 1 is 1.33 bits per heavy atom. The number of pyridine rings is 1. The lowest BCUT2D eigenvalue weighted by Gasteiger charge is -2.07. The van der Waals surface area contributed by atoms with Gasteiger partial charge in [0, 0.05) is 24.4 Å². The van der Waals surface area contributed by atoms with Gasteiger partial charge < -0.3 is 25.6 Å². The van der Waals surface area contributed by atoms with Crippen molar-refractivity contribution in [3.63, 3.8) is 0 Å². The summed E-state index contributed by atoms with van der Waals surface area (Å²) >= 11 is 5.98. The quantitative estimate of drug-likeness (QED) is 0.493. The van der Waals surface area contributed by atoms with Crippen LogP contribution in [0.2, 0.25) is 5.02 Å². The lowest BCUT2D eigenvalue weighted by Crippen LogP contribution is -2.30. The zero-order chi connectivity index (χ0) is 20.6. The predicted molar refractivity (Wildman–Crippen MR) is 101 cm³/mol. The second-order valence-electron chi connectivity index (χ2n) is 5.64. The number of hydrogen-bond acceptors (Lipinski definition) is 6. The summed E-state index contributed by atoms with van der Waals surface area (Å²) < 4.78 is 15.8. The normalized spacial score (nSPS) is 13.8. The first-order chi connectivity index (χ1) is 12.5. The van der Waals surface area contributed by atoms with E-state index in [4.69, 9.17) is 37.2 Å². The molecule has 0 bridgehead atoms. The fourth-order valence-electron chi connectivity index (χ4n) is 1.87. The number of ether oxygens (including phenoxy) is 1. The van der Waals surface area contributed by atoms with E-state index in [0.717, 1.165) is 5.39 Å². The van der Waals surface area contributed by atoms with Gasteiger partial charge >= 0.3 is 11.9 Å². The van der Waals surface area contributed by atoms with E-state index in [9.17, 15) is 14.2 Å². The molecule has 5 N–H and O–H groups in total. The maximum Gasteiger partial charge on any atom is 0.341 e. The Morgan fingerprint density at radius 3 is 2.56 bits per heavy atom. The van der Waals surface area contributed by atoms with E-state index in [2.05, 4.69) is 4.98 Å². The van der Waals surface area contributed by atoms with Crippen molar-refractivity contribution < 1.29 is 34.0 Å². The minimum atomic E-state index is -3.10. The topological polar surface area (TPSA) is 160 Å². The van der Waals surface area contributed by atoms with Gasteiger partial charge in [-0.1, -0.05) is 11.6 Å². The first kappa shape index (κ1) is 22.9. The number of hydrogen-bond donors (Lipinski definition) is 4. The Morgan fingerprint density at radius 2 is 2.00 bits per heavy atom. The Balaban J connectivity index is 0.000000293. The molecule has 148 valence electrons. The number of aromatic nitrogens is 1. The van der Waals surface area contributed by atoms with Crippen LogP contribution in [0.15, 0.2) is 30.5 Å². The van der Waals surface area contributed by atoms with Gasteiger partial charge in [-0.2, -0.15) is 0 Å². The van der Waals surface area contributed by atoms with Crippen molar-refractivity contribution in [3.05, 3.63) is 35.5 Å². The Hall–Kier alpha value is -2.19. The Bertz CT molecular complexity index is 856. The molecule has 2 unspecified atom stereocenters. The average molecular weight is 419 g/mol. The minimum Gasteiger partial charge on any atom is -0.480 e. The molecular weight excluding hydrogens is 399 g/mol. The van der Waals surface area contributed by atoms with E-state index < -0.39 is 32.0 Å². The number of carboxylic acid groups (broad SMARTS) is 2. The Kier molecular flexibility index (Phi) is 8.65. The summed E-state index contributed by atoms with van der Waals surface area (Å²) in [5.41, 5.74) is 5.66. The van der Waals surface area contributed by atoms with Crippen molar-refractivity contribution in [2.75, 3.05) is 19.4 Å². The van der Waals surface area contributed by atoms with Crippen molar-refractivity contribution >= 4 is 41.8 Å². The van der Waals surface area contributed by atoms with Crippen LogP contribution in [0.1, 0.15) is 6.42 Å². The fraction of sp³-hybridized carbons (Fsp3) is 0.312. The third kappa shape index (κ3) is 8.36. The lowest BCUT2D eigenvalue weighted by atomic mass is 10.2. The number of halogens is 1. The standard InChI is InChI=1S/C11H8ClNO3.C5H12NO4P/c12-8-3-4-9(16-6-10(14)15)11-7(8)2-1-5-13-11;1-11(9,10)3-2-4(6)5(7)8/h1-5H,6H2,(H,14,15);4H,2-3,6H2,1H3,(H,7,8)(H,9,10). The van der Waals surface area contributed by atoms with Gasteiger partial charge in [0.15, 0.2) is 14.0 Å². The second-order valence-corrected chi connectivity index (χ2v) is 8.59. The molecule has 9 nitrogen and oxygen atoms in total. The molecule has 0 saturated heterocycles. The van der Waals surface area contributed by atoms with Crippen LogP contribution in [0.25, 0.3) is 10.9 Å². The number of nitrogens with zero attached hydrogens (tertiary/aromatic N) is 1. The zero-order valence-electron chi connectivity index (χ0n) is 14.4. The molecule has 0 aliphatic heterocycles. The molecule has 0 spiro atoms. The molecule has 1 heterocycles. The van der Waals surface area contributed by atoms with E-state index >= 15 is 0 Å². The van der Waals surface area contributed by atoms with Crippen molar-refractivity contribution in [2.45, 2.75) is 12.5 Å². The molecule has 11 heteroatoms. The maximum atomic E-state index is 10.6. The number of nitrogens with two attached hydrogens (primary N) is 1. The van der Waals surface area contributed by atoms with Crippen LogP contribution >= 0.6 is 19.0 Å². The zero-order valence-corrected chi connectivity index (χ0v) is 16.1. The first-order valence-corrected chi connectivity index (χ1v) is 10.3. The highest BCUT2D eigenvalue weighted by molar-refractivity contribution is 7.57. The first-order valence-electron chi connectivity index (χ1n) is 7.66.